The van der Waals surface area contributed by atoms with E-state index in [0.717, 1.165) is 17.1 Å². The lowest BCUT2D eigenvalue weighted by Gasteiger charge is -2.04. The standard InChI is InChI=1S/C12H13F2N3O/c1-15-7-11-16-6-10(17-11)8-2-4-9(5-3-8)18-12(13)14/h2-6,12,15H,7H2,1H3,(H,16,17). The fourth-order valence-corrected chi connectivity index (χ4v) is 1.58. The zero-order chi connectivity index (χ0) is 13.0. The van der Waals surface area contributed by atoms with Gasteiger partial charge in [-0.15, -0.1) is 0 Å². The number of aromatic amines is 1. The van der Waals surface area contributed by atoms with Gasteiger partial charge in [0.15, 0.2) is 0 Å². The molecule has 0 bridgehead atoms. The minimum atomic E-state index is -2.80. The predicted octanol–water partition coefficient (Wildman–Crippen LogP) is 2.40. The molecule has 2 N–H and O–H groups in total. The summed E-state index contributed by atoms with van der Waals surface area (Å²) in [6, 6.07) is 6.41. The third-order valence-corrected chi connectivity index (χ3v) is 2.36. The van der Waals surface area contributed by atoms with E-state index in [4.69, 9.17) is 0 Å². The van der Waals surface area contributed by atoms with Crippen molar-refractivity contribution in [3.63, 3.8) is 0 Å². The van der Waals surface area contributed by atoms with Crippen LogP contribution in [0.4, 0.5) is 8.78 Å². The van der Waals surface area contributed by atoms with Crippen molar-refractivity contribution in [2.45, 2.75) is 13.2 Å². The topological polar surface area (TPSA) is 49.9 Å². The van der Waals surface area contributed by atoms with Crippen molar-refractivity contribution in [1.82, 2.24) is 15.3 Å². The first-order valence-electron chi connectivity index (χ1n) is 5.43. The van der Waals surface area contributed by atoms with Gasteiger partial charge in [-0.1, -0.05) is 0 Å². The van der Waals surface area contributed by atoms with E-state index in [0.29, 0.717) is 6.54 Å². The van der Waals surface area contributed by atoms with E-state index in [1.807, 2.05) is 7.05 Å². The lowest BCUT2D eigenvalue weighted by atomic mass is 10.2. The second-order valence-corrected chi connectivity index (χ2v) is 3.68. The Kier molecular flexibility index (Phi) is 3.88. The van der Waals surface area contributed by atoms with Crippen LogP contribution in [-0.4, -0.2) is 23.6 Å². The quantitative estimate of drug-likeness (QED) is 0.860. The molecule has 2 rings (SSSR count). The summed E-state index contributed by atoms with van der Waals surface area (Å²) < 4.78 is 28.3. The number of alkyl halides is 2. The molecule has 0 fully saturated rings. The number of aromatic nitrogens is 2. The normalized spacial score (nSPS) is 10.9. The Bertz CT molecular complexity index is 496. The number of halogens is 2. The number of benzene rings is 1. The van der Waals surface area contributed by atoms with E-state index in [-0.39, 0.29) is 5.75 Å². The lowest BCUT2D eigenvalue weighted by Crippen LogP contribution is -2.06. The molecule has 96 valence electrons. The molecule has 0 spiro atoms. The summed E-state index contributed by atoms with van der Waals surface area (Å²) in [5.74, 6) is 0.962. The van der Waals surface area contributed by atoms with Gasteiger partial charge in [-0.25, -0.2) is 4.98 Å². The summed E-state index contributed by atoms with van der Waals surface area (Å²) in [7, 11) is 1.83. The van der Waals surface area contributed by atoms with Gasteiger partial charge in [0.05, 0.1) is 18.4 Å². The van der Waals surface area contributed by atoms with Crippen LogP contribution in [0.3, 0.4) is 0 Å². The molecule has 1 aromatic heterocycles. The predicted molar refractivity (Wildman–Crippen MR) is 63.4 cm³/mol. The molecule has 0 aliphatic carbocycles. The second-order valence-electron chi connectivity index (χ2n) is 3.68. The lowest BCUT2D eigenvalue weighted by molar-refractivity contribution is -0.0498. The molecule has 2 aromatic rings. The molecule has 0 atom stereocenters. The molecule has 0 aliphatic heterocycles. The number of hydrogen-bond donors (Lipinski definition) is 2. The summed E-state index contributed by atoms with van der Waals surface area (Å²) in [4.78, 5) is 7.31. The van der Waals surface area contributed by atoms with Gasteiger partial charge >= 0.3 is 6.61 Å². The Hall–Kier alpha value is -1.95. The number of imidazole rings is 1. The molecule has 1 aromatic carbocycles. The molecule has 18 heavy (non-hydrogen) atoms. The summed E-state index contributed by atoms with van der Waals surface area (Å²) in [5, 5.41) is 2.98. The first kappa shape index (κ1) is 12.5. The maximum Gasteiger partial charge on any atom is 0.387 e. The van der Waals surface area contributed by atoms with E-state index in [2.05, 4.69) is 20.0 Å². The first-order valence-corrected chi connectivity index (χ1v) is 5.43. The summed E-state index contributed by atoms with van der Waals surface area (Å²) in [6.45, 7) is -2.16. The largest absolute Gasteiger partial charge is 0.435 e. The Morgan fingerprint density at radius 3 is 2.67 bits per heavy atom. The minimum absolute atomic E-state index is 0.142. The highest BCUT2D eigenvalue weighted by Crippen LogP contribution is 2.21. The van der Waals surface area contributed by atoms with Crippen LogP contribution in [-0.2, 0) is 6.54 Å². The van der Waals surface area contributed by atoms with E-state index in [1.165, 1.54) is 12.1 Å². The smallest absolute Gasteiger partial charge is 0.387 e. The number of H-pyrrole nitrogens is 1. The molecule has 4 nitrogen and oxygen atoms in total. The van der Waals surface area contributed by atoms with Crippen LogP contribution in [0.2, 0.25) is 0 Å². The Balaban J connectivity index is 2.12. The molecule has 0 saturated carbocycles. The van der Waals surface area contributed by atoms with Crippen molar-refractivity contribution in [1.29, 1.82) is 0 Å². The fraction of sp³-hybridized carbons (Fsp3) is 0.250. The van der Waals surface area contributed by atoms with Crippen molar-refractivity contribution in [2.75, 3.05) is 7.05 Å². The van der Waals surface area contributed by atoms with Crippen molar-refractivity contribution in [3.8, 4) is 17.0 Å². The Labute approximate surface area is 103 Å². The van der Waals surface area contributed by atoms with Crippen molar-refractivity contribution in [2.24, 2.45) is 0 Å². The molecule has 0 saturated heterocycles. The monoisotopic (exact) mass is 253 g/mol. The first-order chi connectivity index (χ1) is 8.69. The van der Waals surface area contributed by atoms with E-state index >= 15 is 0 Å². The van der Waals surface area contributed by atoms with Gasteiger partial charge in [0.25, 0.3) is 0 Å². The highest BCUT2D eigenvalue weighted by atomic mass is 19.3. The summed E-state index contributed by atoms with van der Waals surface area (Å²) in [5.41, 5.74) is 1.70. The van der Waals surface area contributed by atoms with Gasteiger partial charge in [0, 0.05) is 0 Å². The summed E-state index contributed by atoms with van der Waals surface area (Å²) >= 11 is 0. The third-order valence-electron chi connectivity index (χ3n) is 2.36. The molecule has 0 amide bonds. The molecule has 0 radical (unpaired) electrons. The number of nitrogens with zero attached hydrogens (tertiary/aromatic N) is 1. The van der Waals surface area contributed by atoms with Crippen molar-refractivity contribution in [3.05, 3.63) is 36.3 Å². The maximum absolute atomic E-state index is 12.0. The molecular formula is C12H13F2N3O. The Morgan fingerprint density at radius 1 is 1.33 bits per heavy atom. The molecular weight excluding hydrogens is 240 g/mol. The van der Waals surface area contributed by atoms with Gasteiger partial charge in [-0.05, 0) is 36.9 Å². The van der Waals surface area contributed by atoms with Gasteiger partial charge in [-0.2, -0.15) is 8.78 Å². The van der Waals surface area contributed by atoms with Crippen LogP contribution >= 0.6 is 0 Å². The SMILES string of the molecule is CNCc1ncc(-c2ccc(OC(F)F)cc2)[nH]1. The second kappa shape index (κ2) is 5.59. The van der Waals surface area contributed by atoms with E-state index in [1.54, 1.807) is 18.3 Å². The van der Waals surface area contributed by atoms with Crippen molar-refractivity contribution < 1.29 is 13.5 Å². The number of nitrogens with one attached hydrogen (secondary N) is 2. The average molecular weight is 253 g/mol. The average Bonchev–Trinajstić information content (AvgIpc) is 2.78. The Morgan fingerprint density at radius 2 is 2.06 bits per heavy atom. The zero-order valence-corrected chi connectivity index (χ0v) is 9.78. The third kappa shape index (κ3) is 3.04. The van der Waals surface area contributed by atoms with Gasteiger partial charge in [-0.3, -0.25) is 0 Å². The molecule has 0 unspecified atom stereocenters. The van der Waals surface area contributed by atoms with Crippen LogP contribution in [0, 0.1) is 0 Å². The van der Waals surface area contributed by atoms with Crippen LogP contribution < -0.4 is 10.1 Å². The van der Waals surface area contributed by atoms with E-state index in [9.17, 15) is 8.78 Å². The zero-order valence-electron chi connectivity index (χ0n) is 9.78. The molecule has 6 heteroatoms. The maximum atomic E-state index is 12.0. The van der Waals surface area contributed by atoms with Crippen LogP contribution in [0.15, 0.2) is 30.5 Å². The van der Waals surface area contributed by atoms with Crippen LogP contribution in [0.5, 0.6) is 5.75 Å². The van der Waals surface area contributed by atoms with Gasteiger partial charge < -0.3 is 15.0 Å². The highest BCUT2D eigenvalue weighted by molar-refractivity contribution is 5.59. The number of ether oxygens (including phenoxy) is 1. The highest BCUT2D eigenvalue weighted by Gasteiger charge is 2.06. The van der Waals surface area contributed by atoms with Crippen molar-refractivity contribution >= 4 is 0 Å². The van der Waals surface area contributed by atoms with Gasteiger partial charge in [0.2, 0.25) is 0 Å². The molecule has 0 aliphatic rings. The van der Waals surface area contributed by atoms with E-state index < -0.39 is 6.61 Å². The number of hydrogen-bond acceptors (Lipinski definition) is 3. The van der Waals surface area contributed by atoms with Crippen LogP contribution in [0.25, 0.3) is 11.3 Å². The number of rotatable bonds is 5. The summed E-state index contributed by atoms with van der Waals surface area (Å²) in [6.07, 6.45) is 1.70. The fourth-order valence-electron chi connectivity index (χ4n) is 1.58. The molecule has 1 heterocycles. The van der Waals surface area contributed by atoms with Gasteiger partial charge in [0.1, 0.15) is 11.6 Å². The minimum Gasteiger partial charge on any atom is -0.435 e. The van der Waals surface area contributed by atoms with Crippen LogP contribution in [0.1, 0.15) is 5.82 Å².